The monoisotopic (exact) mass is 307 g/mol. The zero-order chi connectivity index (χ0) is 15.6. The number of aliphatic carboxylic acids is 1. The molecule has 1 amide bonds. The lowest BCUT2D eigenvalue weighted by Crippen LogP contribution is -2.40. The number of hydrogen-bond donors (Lipinski definition) is 2. The van der Waals surface area contributed by atoms with Crippen molar-refractivity contribution in [3.05, 3.63) is 0 Å². The topological polar surface area (TPSA) is 66.4 Å². The Labute approximate surface area is 121 Å². The highest BCUT2D eigenvalue weighted by molar-refractivity contribution is 5.79. The van der Waals surface area contributed by atoms with E-state index in [4.69, 9.17) is 5.11 Å². The van der Waals surface area contributed by atoms with Gasteiger partial charge in [0.2, 0.25) is 5.91 Å². The van der Waals surface area contributed by atoms with E-state index in [0.29, 0.717) is 19.3 Å². The van der Waals surface area contributed by atoms with Crippen molar-refractivity contribution in [3.8, 4) is 0 Å². The summed E-state index contributed by atoms with van der Waals surface area (Å²) in [6.45, 7) is 0. The maximum atomic E-state index is 12.6. The average Bonchev–Trinajstić information content (AvgIpc) is 2.86. The summed E-state index contributed by atoms with van der Waals surface area (Å²) >= 11 is 0. The first-order valence-electron chi connectivity index (χ1n) is 7.37. The van der Waals surface area contributed by atoms with Gasteiger partial charge in [0.25, 0.3) is 0 Å². The van der Waals surface area contributed by atoms with Crippen molar-refractivity contribution >= 4 is 11.9 Å². The van der Waals surface area contributed by atoms with Crippen LogP contribution in [-0.4, -0.2) is 29.2 Å². The Kier molecular flexibility index (Phi) is 4.78. The van der Waals surface area contributed by atoms with Gasteiger partial charge in [-0.3, -0.25) is 9.59 Å². The van der Waals surface area contributed by atoms with Crippen molar-refractivity contribution < 1.29 is 27.9 Å². The third-order valence-electron chi connectivity index (χ3n) is 4.69. The van der Waals surface area contributed by atoms with Gasteiger partial charge in [0.05, 0.1) is 11.8 Å². The van der Waals surface area contributed by atoms with Crippen molar-refractivity contribution in [3.63, 3.8) is 0 Å². The predicted molar refractivity (Wildman–Crippen MR) is 68.4 cm³/mol. The summed E-state index contributed by atoms with van der Waals surface area (Å²) in [4.78, 5) is 22.9. The molecule has 0 saturated heterocycles. The minimum absolute atomic E-state index is 0.00397. The van der Waals surface area contributed by atoms with Crippen molar-refractivity contribution in [1.82, 2.24) is 5.32 Å². The molecule has 0 heterocycles. The fourth-order valence-corrected chi connectivity index (χ4v) is 3.34. The van der Waals surface area contributed by atoms with Crippen LogP contribution in [0.3, 0.4) is 0 Å². The zero-order valence-corrected chi connectivity index (χ0v) is 11.7. The number of alkyl halides is 3. The number of amides is 1. The molecule has 21 heavy (non-hydrogen) atoms. The van der Waals surface area contributed by atoms with Crippen LogP contribution >= 0.6 is 0 Å². The molecule has 2 fully saturated rings. The molecule has 0 spiro atoms. The second kappa shape index (κ2) is 6.23. The normalized spacial score (nSPS) is 33.7. The van der Waals surface area contributed by atoms with Gasteiger partial charge in [-0.1, -0.05) is 0 Å². The lowest BCUT2D eigenvalue weighted by molar-refractivity contribution is -0.184. The van der Waals surface area contributed by atoms with Crippen LogP contribution in [-0.2, 0) is 9.59 Å². The fraction of sp³-hybridized carbons (Fsp3) is 0.857. The third-order valence-corrected chi connectivity index (χ3v) is 4.69. The van der Waals surface area contributed by atoms with E-state index in [9.17, 15) is 22.8 Å². The summed E-state index contributed by atoms with van der Waals surface area (Å²) < 4.78 is 37.7. The molecule has 0 unspecified atom stereocenters. The van der Waals surface area contributed by atoms with Crippen molar-refractivity contribution in [2.45, 2.75) is 57.2 Å². The number of nitrogens with one attached hydrogen (secondary N) is 1. The molecule has 2 N–H and O–H groups in total. The average molecular weight is 307 g/mol. The minimum Gasteiger partial charge on any atom is -0.481 e. The molecule has 4 nitrogen and oxygen atoms in total. The van der Waals surface area contributed by atoms with Gasteiger partial charge in [0, 0.05) is 12.0 Å². The summed E-state index contributed by atoms with van der Waals surface area (Å²) in [6.07, 6.45) is -2.06. The van der Waals surface area contributed by atoms with Gasteiger partial charge in [-0.05, 0) is 44.9 Å². The van der Waals surface area contributed by atoms with Gasteiger partial charge in [-0.25, -0.2) is 0 Å². The van der Waals surface area contributed by atoms with Crippen molar-refractivity contribution in [2.24, 2.45) is 17.8 Å². The van der Waals surface area contributed by atoms with Crippen LogP contribution in [0.4, 0.5) is 13.2 Å². The number of carboxylic acid groups (broad SMARTS) is 1. The molecular formula is C14H20F3NO3. The first-order chi connectivity index (χ1) is 9.77. The highest BCUT2D eigenvalue weighted by Crippen LogP contribution is 2.39. The lowest BCUT2D eigenvalue weighted by Gasteiger charge is -2.29. The van der Waals surface area contributed by atoms with Gasteiger partial charge in [0.15, 0.2) is 0 Å². The summed E-state index contributed by atoms with van der Waals surface area (Å²) in [5.74, 6) is -3.14. The standard InChI is InChI=1S/C14H20F3NO3/c15-14(16,17)10-4-1-8(2-5-10)12(19)18-11-6-3-9(7-11)13(20)21/h8-11H,1-7H2,(H,18,19)(H,20,21)/t8?,9-,10?,11+/m1/s1. The van der Waals surface area contributed by atoms with Gasteiger partial charge in [0.1, 0.15) is 0 Å². The zero-order valence-electron chi connectivity index (χ0n) is 11.7. The first kappa shape index (κ1) is 16.1. The highest BCUT2D eigenvalue weighted by Gasteiger charge is 2.42. The SMILES string of the molecule is O=C(N[C@H]1CC[C@@H](C(=O)O)C1)C1CCC(C(F)(F)F)CC1. The first-order valence-corrected chi connectivity index (χ1v) is 7.37. The molecule has 2 aliphatic rings. The van der Waals surface area contributed by atoms with E-state index in [2.05, 4.69) is 5.32 Å². The number of halogens is 3. The molecule has 2 atom stereocenters. The number of hydrogen-bond acceptors (Lipinski definition) is 2. The Bertz CT molecular complexity index is 403. The summed E-state index contributed by atoms with van der Waals surface area (Å²) in [7, 11) is 0. The van der Waals surface area contributed by atoms with Crippen LogP contribution in [0.5, 0.6) is 0 Å². The Morgan fingerprint density at radius 1 is 0.952 bits per heavy atom. The molecule has 2 aliphatic carbocycles. The maximum absolute atomic E-state index is 12.6. The van der Waals surface area contributed by atoms with Crippen LogP contribution in [0.1, 0.15) is 44.9 Å². The van der Waals surface area contributed by atoms with Gasteiger partial charge < -0.3 is 10.4 Å². The van der Waals surface area contributed by atoms with E-state index in [1.165, 1.54) is 0 Å². The molecule has 0 aromatic heterocycles. The number of rotatable bonds is 3. The quantitative estimate of drug-likeness (QED) is 0.842. The molecular weight excluding hydrogens is 287 g/mol. The van der Waals surface area contributed by atoms with Crippen LogP contribution in [0.25, 0.3) is 0 Å². The molecule has 0 aromatic rings. The van der Waals surface area contributed by atoms with E-state index in [-0.39, 0.29) is 43.6 Å². The van der Waals surface area contributed by atoms with Crippen molar-refractivity contribution in [2.75, 3.05) is 0 Å². The Balaban J connectivity index is 1.77. The molecule has 0 bridgehead atoms. The maximum Gasteiger partial charge on any atom is 0.391 e. The smallest absolute Gasteiger partial charge is 0.391 e. The van der Waals surface area contributed by atoms with E-state index in [0.717, 1.165) is 0 Å². The molecule has 7 heteroatoms. The number of carboxylic acids is 1. The van der Waals surface area contributed by atoms with Gasteiger partial charge in [-0.15, -0.1) is 0 Å². The fourth-order valence-electron chi connectivity index (χ4n) is 3.34. The highest BCUT2D eigenvalue weighted by atomic mass is 19.4. The largest absolute Gasteiger partial charge is 0.481 e. The van der Waals surface area contributed by atoms with Crippen LogP contribution < -0.4 is 5.32 Å². The second-order valence-corrected chi connectivity index (χ2v) is 6.14. The Morgan fingerprint density at radius 3 is 2.00 bits per heavy atom. The molecule has 2 rings (SSSR count). The van der Waals surface area contributed by atoms with E-state index >= 15 is 0 Å². The molecule has 0 aromatic carbocycles. The van der Waals surface area contributed by atoms with Crippen LogP contribution in [0, 0.1) is 17.8 Å². The number of carbonyl (C=O) groups is 2. The van der Waals surface area contributed by atoms with E-state index < -0.39 is 24.0 Å². The molecule has 0 aliphatic heterocycles. The predicted octanol–water partition coefficient (Wildman–Crippen LogP) is 2.72. The van der Waals surface area contributed by atoms with Gasteiger partial charge in [-0.2, -0.15) is 13.2 Å². The van der Waals surface area contributed by atoms with Crippen LogP contribution in [0.15, 0.2) is 0 Å². The van der Waals surface area contributed by atoms with Crippen molar-refractivity contribution in [1.29, 1.82) is 0 Å². The van der Waals surface area contributed by atoms with E-state index in [1.807, 2.05) is 0 Å². The number of carbonyl (C=O) groups excluding carboxylic acids is 1. The second-order valence-electron chi connectivity index (χ2n) is 6.14. The summed E-state index contributed by atoms with van der Waals surface area (Å²) in [5.41, 5.74) is 0. The third kappa shape index (κ3) is 4.11. The molecule has 2 saturated carbocycles. The van der Waals surface area contributed by atoms with Gasteiger partial charge >= 0.3 is 12.1 Å². The lowest BCUT2D eigenvalue weighted by atomic mass is 9.81. The van der Waals surface area contributed by atoms with E-state index in [1.54, 1.807) is 0 Å². The molecule has 120 valence electrons. The Morgan fingerprint density at radius 2 is 1.52 bits per heavy atom. The summed E-state index contributed by atoms with van der Waals surface area (Å²) in [5, 5.41) is 11.7. The Hall–Kier alpha value is -1.27. The molecule has 0 radical (unpaired) electrons. The van der Waals surface area contributed by atoms with Crippen LogP contribution in [0.2, 0.25) is 0 Å². The summed E-state index contributed by atoms with van der Waals surface area (Å²) in [6, 6.07) is -0.154. The minimum atomic E-state index is -4.17.